The molecule has 0 saturated carbocycles. The minimum absolute atomic E-state index is 0.410. The molecule has 0 radical (unpaired) electrons. The predicted octanol–water partition coefficient (Wildman–Crippen LogP) is 0.698. The molecule has 0 aliphatic rings. The Labute approximate surface area is 70.2 Å². The van der Waals surface area contributed by atoms with Gasteiger partial charge in [0, 0.05) is 0 Å². The highest BCUT2D eigenvalue weighted by Crippen LogP contribution is 2.15. The number of imidazole rings is 1. The maximum absolute atomic E-state index is 5.53. The fraction of sp³-hybridized carbons (Fsp3) is 0. The smallest absolute Gasteiger partial charge is 0.183 e. The molecule has 6 heteroatoms. The van der Waals surface area contributed by atoms with Gasteiger partial charge in [-0.2, -0.15) is 0 Å². The lowest BCUT2D eigenvalue weighted by atomic mass is 10.7. The second-order valence-corrected chi connectivity index (χ2v) is 2.74. The van der Waals surface area contributed by atoms with Gasteiger partial charge in [0.1, 0.15) is 11.8 Å². The Bertz CT molecular complexity index is 395. The molecule has 11 heavy (non-hydrogen) atoms. The maximum Gasteiger partial charge on any atom is 0.183 e. The minimum Gasteiger partial charge on any atom is -0.382 e. The third-order valence-electron chi connectivity index (χ3n) is 1.29. The summed E-state index contributed by atoms with van der Waals surface area (Å²) in [7, 11) is 0. The average molecular weight is 218 g/mol. The molecule has 3 N–H and O–H groups in total. The van der Waals surface area contributed by atoms with E-state index in [0.717, 1.165) is 0 Å². The van der Waals surface area contributed by atoms with Gasteiger partial charge in [0.25, 0.3) is 0 Å². The standard InChI is InChI=1S/C5H4BrN5/c6-5-10-2-3(7)8-1-9-4(2)11-5/h1H,(H3,7,8,9,10,11)/i4+1,5+1,7+1,10+1. The zero-order chi connectivity index (χ0) is 7.84. The van der Waals surface area contributed by atoms with Gasteiger partial charge in [-0.1, -0.05) is 0 Å². The number of nitrogens with one attached hydrogen (secondary N) is 1. The van der Waals surface area contributed by atoms with Crippen LogP contribution in [0.3, 0.4) is 0 Å². The molecule has 56 valence electrons. The van der Waals surface area contributed by atoms with Crippen molar-refractivity contribution in [1.29, 1.82) is 0 Å². The van der Waals surface area contributed by atoms with Crippen LogP contribution in [0.5, 0.6) is 0 Å². The molecule has 0 aliphatic carbocycles. The third kappa shape index (κ3) is 0.949. The number of halogens is 1. The number of H-pyrrole nitrogens is 1. The SMILES string of the molecule is [15NH2]c1ncn[13c]2n[13c](Br)[15nH]c12. The van der Waals surface area contributed by atoms with Crippen molar-refractivity contribution in [2.24, 2.45) is 0 Å². The number of rotatable bonds is 0. The molecule has 0 unspecified atom stereocenters. The average Bonchev–Trinajstić information content (AvgIpc) is 2.31. The first-order chi connectivity index (χ1) is 5.27. The molecule has 2 aromatic rings. The summed E-state index contributed by atoms with van der Waals surface area (Å²) in [5.74, 6) is 0.410. The molecule has 2 heterocycles. The lowest BCUT2D eigenvalue weighted by molar-refractivity contribution is 1.20. The molecule has 0 saturated heterocycles. The van der Waals surface area contributed by atoms with Crippen molar-refractivity contribution >= 4 is 32.9 Å². The summed E-state index contributed by atoms with van der Waals surface area (Å²) < 4.78 is 0.611. The van der Waals surface area contributed by atoms with Crippen molar-refractivity contribution in [2.75, 3.05) is 5.73 Å². The monoisotopic (exact) mass is 217 g/mol. The molecule has 5 nitrogen and oxygen atoms in total. The zero-order valence-electron chi connectivity index (χ0n) is 5.37. The van der Waals surface area contributed by atoms with E-state index in [1.165, 1.54) is 6.33 Å². The van der Waals surface area contributed by atoms with Crippen LogP contribution in [0.2, 0.25) is 0 Å². The van der Waals surface area contributed by atoms with Gasteiger partial charge in [0.2, 0.25) is 0 Å². The van der Waals surface area contributed by atoms with Crippen molar-refractivity contribution in [3.8, 4) is 0 Å². The van der Waals surface area contributed by atoms with Crippen LogP contribution in [-0.2, 0) is 0 Å². The van der Waals surface area contributed by atoms with Gasteiger partial charge < -0.3 is 10.7 Å². The zero-order valence-corrected chi connectivity index (χ0v) is 6.96. The highest BCUT2D eigenvalue weighted by molar-refractivity contribution is 9.10. The summed E-state index contributed by atoms with van der Waals surface area (Å²) in [4.78, 5) is 14.6. The number of fused-ring (bicyclic) bond motifs is 1. The first kappa shape index (κ1) is 6.53. The summed E-state index contributed by atoms with van der Waals surface area (Å²) >= 11 is 3.17. The molecule has 0 atom stereocenters. The van der Waals surface area contributed by atoms with E-state index in [1.807, 2.05) is 0 Å². The Morgan fingerprint density at radius 1 is 1.45 bits per heavy atom. The molecular formula is C5H4BrN5. The molecular weight excluding hydrogens is 214 g/mol. The van der Waals surface area contributed by atoms with E-state index in [2.05, 4.69) is 35.9 Å². The van der Waals surface area contributed by atoms with Crippen LogP contribution in [0.15, 0.2) is 11.1 Å². The fourth-order valence-corrected chi connectivity index (χ4v) is 1.18. The van der Waals surface area contributed by atoms with E-state index in [4.69, 9.17) is 5.73 Å². The van der Waals surface area contributed by atoms with Crippen LogP contribution in [0.25, 0.3) is 11.2 Å². The van der Waals surface area contributed by atoms with Gasteiger partial charge in [-0.05, 0) is 15.9 Å². The van der Waals surface area contributed by atoms with Gasteiger partial charge >= 0.3 is 0 Å². The topological polar surface area (TPSA) is 80.5 Å². The minimum atomic E-state index is 0.410. The molecule has 0 spiro atoms. The second kappa shape index (κ2) is 2.16. The normalized spacial score (nSPS) is 10.6. The largest absolute Gasteiger partial charge is 0.382 e. The number of nitrogen functional groups attached to an aromatic ring is 1. The van der Waals surface area contributed by atoms with Crippen LogP contribution in [0.4, 0.5) is 5.82 Å². The Hall–Kier alpha value is -1.17. The Morgan fingerprint density at radius 2 is 2.27 bits per heavy atom. The molecule has 0 aliphatic heterocycles. The summed E-state index contributed by atoms with van der Waals surface area (Å²) in [6, 6.07) is 0. The molecule has 2 rings (SSSR count). The number of hydrogen-bond donors (Lipinski definition) is 2. The van der Waals surface area contributed by atoms with Crippen molar-refractivity contribution in [1.82, 2.24) is 19.9 Å². The van der Waals surface area contributed by atoms with Gasteiger partial charge in [-0.25, -0.2) is 15.0 Å². The van der Waals surface area contributed by atoms with Gasteiger partial charge in [-0.15, -0.1) is 0 Å². The van der Waals surface area contributed by atoms with Crippen molar-refractivity contribution in [3.63, 3.8) is 0 Å². The van der Waals surface area contributed by atoms with E-state index in [0.29, 0.717) is 21.7 Å². The second-order valence-electron chi connectivity index (χ2n) is 1.99. The van der Waals surface area contributed by atoms with Gasteiger partial charge in [0.05, 0.1) is 0 Å². The quantitative estimate of drug-likeness (QED) is 0.503. The van der Waals surface area contributed by atoms with Crippen LogP contribution in [0, 0.1) is 0 Å². The Kier molecular flexibility index (Phi) is 1.28. The fourth-order valence-electron chi connectivity index (χ4n) is 0.818. The van der Waals surface area contributed by atoms with Crippen LogP contribution >= 0.6 is 15.9 Å². The summed E-state index contributed by atoms with van der Waals surface area (Å²) in [5.41, 5.74) is 6.77. The first-order valence-corrected chi connectivity index (χ1v) is 3.68. The van der Waals surface area contributed by atoms with Gasteiger partial charge in [0.15, 0.2) is 16.2 Å². The van der Waals surface area contributed by atoms with Gasteiger partial charge in [-0.3, -0.25) is 0 Å². The van der Waals surface area contributed by atoms with Crippen LogP contribution in [-0.4, -0.2) is 19.9 Å². The van der Waals surface area contributed by atoms with E-state index >= 15 is 0 Å². The number of nitrogens with zero attached hydrogens (tertiary/aromatic N) is 3. The number of aromatic nitrogens is 4. The van der Waals surface area contributed by atoms with Crippen LogP contribution in [0.1, 0.15) is 0 Å². The summed E-state index contributed by atoms with van der Waals surface area (Å²) in [6.45, 7) is 0. The van der Waals surface area contributed by atoms with Crippen molar-refractivity contribution in [3.05, 3.63) is 11.1 Å². The molecule has 2 aromatic heterocycles. The molecule has 0 fully saturated rings. The predicted molar refractivity (Wildman–Crippen MR) is 43.8 cm³/mol. The number of aromatic amines is 1. The number of nitrogens with two attached hydrogens (primary N) is 1. The lowest BCUT2D eigenvalue weighted by Gasteiger charge is -1.89. The molecule has 0 aromatic carbocycles. The van der Waals surface area contributed by atoms with E-state index in [1.54, 1.807) is 0 Å². The summed E-state index contributed by atoms with van der Waals surface area (Å²) in [5, 5.41) is 0. The van der Waals surface area contributed by atoms with Crippen molar-refractivity contribution < 1.29 is 0 Å². The van der Waals surface area contributed by atoms with Crippen LogP contribution < -0.4 is 5.73 Å². The first-order valence-electron chi connectivity index (χ1n) is 2.89. The highest BCUT2D eigenvalue weighted by Gasteiger charge is 2.03. The Balaban J connectivity index is 2.90. The van der Waals surface area contributed by atoms with E-state index in [9.17, 15) is 0 Å². The number of anilines is 1. The maximum atomic E-state index is 5.53. The summed E-state index contributed by atoms with van der Waals surface area (Å²) in [6.07, 6.45) is 1.38. The molecule has 0 bridgehead atoms. The number of hydrogen-bond acceptors (Lipinski definition) is 4. The van der Waals surface area contributed by atoms with Crippen molar-refractivity contribution in [2.45, 2.75) is 0 Å². The lowest BCUT2D eigenvalue weighted by Crippen LogP contribution is -1.91. The van der Waals surface area contributed by atoms with E-state index < -0.39 is 0 Å². The highest BCUT2D eigenvalue weighted by atomic mass is 79.9. The Morgan fingerprint density at radius 3 is 3.00 bits per heavy atom. The van der Waals surface area contributed by atoms with E-state index in [-0.39, 0.29) is 0 Å². The molecule has 0 amide bonds. The third-order valence-corrected chi connectivity index (χ3v) is 1.66.